The minimum atomic E-state index is 0.200. The van der Waals surface area contributed by atoms with Gasteiger partial charge in [0.05, 0.1) is 18.0 Å². The molecule has 1 heterocycles. The lowest BCUT2D eigenvalue weighted by atomic mass is 10.0. The molecule has 0 aliphatic rings. The summed E-state index contributed by atoms with van der Waals surface area (Å²) in [7, 11) is 3.39. The molecular weight excluding hydrogens is 350 g/mol. The van der Waals surface area contributed by atoms with E-state index in [0.717, 1.165) is 33.8 Å². The van der Waals surface area contributed by atoms with Crippen LogP contribution >= 0.6 is 27.3 Å². The molecule has 114 valence electrons. The van der Waals surface area contributed by atoms with Crippen LogP contribution in [0.4, 0.5) is 0 Å². The monoisotopic (exact) mass is 369 g/mol. The van der Waals surface area contributed by atoms with Crippen molar-refractivity contribution in [3.8, 4) is 11.5 Å². The van der Waals surface area contributed by atoms with E-state index < -0.39 is 0 Å². The van der Waals surface area contributed by atoms with Crippen LogP contribution in [0.25, 0.3) is 0 Å². The Morgan fingerprint density at radius 2 is 2.00 bits per heavy atom. The van der Waals surface area contributed by atoms with Crippen LogP contribution in [0.3, 0.4) is 0 Å². The maximum absolute atomic E-state index is 5.51. The first-order valence-corrected chi connectivity index (χ1v) is 8.48. The second-order valence-electron chi connectivity index (χ2n) is 4.63. The van der Waals surface area contributed by atoms with Gasteiger partial charge >= 0.3 is 0 Å². The Hall–Kier alpha value is -1.04. The Balaban J connectivity index is 2.31. The van der Waals surface area contributed by atoms with Crippen molar-refractivity contribution in [2.24, 2.45) is 0 Å². The predicted octanol–water partition coefficient (Wildman–Crippen LogP) is 4.42. The number of nitrogens with one attached hydrogen (secondary N) is 1. The molecular formula is C16H20BrNO2S. The van der Waals surface area contributed by atoms with E-state index >= 15 is 0 Å². The van der Waals surface area contributed by atoms with Gasteiger partial charge in [0.15, 0.2) is 0 Å². The molecule has 3 nitrogen and oxygen atoms in total. The SMILES string of the molecule is CCNC(Cc1ccc(Br)s1)c1cc(OC)ccc1OC. The fourth-order valence-electron chi connectivity index (χ4n) is 2.31. The molecule has 1 aromatic carbocycles. The maximum Gasteiger partial charge on any atom is 0.123 e. The van der Waals surface area contributed by atoms with Crippen LogP contribution < -0.4 is 14.8 Å². The molecule has 21 heavy (non-hydrogen) atoms. The van der Waals surface area contributed by atoms with Crippen LogP contribution in [0.2, 0.25) is 0 Å². The first-order valence-electron chi connectivity index (χ1n) is 6.87. The van der Waals surface area contributed by atoms with E-state index in [4.69, 9.17) is 9.47 Å². The summed E-state index contributed by atoms with van der Waals surface area (Å²) in [4.78, 5) is 1.33. The molecule has 5 heteroatoms. The van der Waals surface area contributed by atoms with Gasteiger partial charge in [-0.3, -0.25) is 0 Å². The minimum absolute atomic E-state index is 0.200. The molecule has 1 unspecified atom stereocenters. The van der Waals surface area contributed by atoms with E-state index in [1.807, 2.05) is 12.1 Å². The van der Waals surface area contributed by atoms with E-state index in [2.05, 4.69) is 46.4 Å². The zero-order valence-electron chi connectivity index (χ0n) is 12.5. The molecule has 1 atom stereocenters. The Morgan fingerprint density at radius 3 is 2.57 bits per heavy atom. The second kappa shape index (κ2) is 7.82. The van der Waals surface area contributed by atoms with Gasteiger partial charge in [-0.1, -0.05) is 6.92 Å². The molecule has 0 radical (unpaired) electrons. The van der Waals surface area contributed by atoms with Gasteiger partial charge in [0, 0.05) is 22.9 Å². The van der Waals surface area contributed by atoms with E-state index in [0.29, 0.717) is 0 Å². The molecule has 1 aromatic heterocycles. The zero-order valence-corrected chi connectivity index (χ0v) is 14.9. The Morgan fingerprint density at radius 1 is 1.19 bits per heavy atom. The Labute approximate surface area is 138 Å². The molecule has 1 N–H and O–H groups in total. The molecule has 0 fully saturated rings. The first-order chi connectivity index (χ1) is 10.2. The number of likely N-dealkylation sites (N-methyl/N-ethyl adjacent to an activating group) is 1. The molecule has 0 spiro atoms. The number of thiophene rings is 1. The van der Waals surface area contributed by atoms with Gasteiger partial charge < -0.3 is 14.8 Å². The summed E-state index contributed by atoms with van der Waals surface area (Å²) < 4.78 is 12.0. The normalized spacial score (nSPS) is 12.2. The number of rotatable bonds is 7. The molecule has 0 amide bonds. The number of methoxy groups -OCH3 is 2. The zero-order chi connectivity index (χ0) is 15.2. The first kappa shape index (κ1) is 16.3. The third kappa shape index (κ3) is 4.22. The van der Waals surface area contributed by atoms with E-state index in [1.165, 1.54) is 4.88 Å². The van der Waals surface area contributed by atoms with Gasteiger partial charge in [-0.2, -0.15) is 0 Å². The quantitative estimate of drug-likeness (QED) is 0.783. The molecule has 0 saturated heterocycles. The number of hydrogen-bond donors (Lipinski definition) is 1. The Bertz CT molecular complexity index is 585. The summed E-state index contributed by atoms with van der Waals surface area (Å²) in [5, 5.41) is 3.54. The van der Waals surface area contributed by atoms with Crippen LogP contribution in [0, 0.1) is 0 Å². The molecule has 0 bridgehead atoms. The van der Waals surface area contributed by atoms with Crippen molar-refractivity contribution in [3.05, 3.63) is 44.6 Å². The predicted molar refractivity (Wildman–Crippen MR) is 91.7 cm³/mol. The van der Waals surface area contributed by atoms with Crippen LogP contribution in [0.15, 0.2) is 34.1 Å². The van der Waals surface area contributed by atoms with E-state index in [-0.39, 0.29) is 6.04 Å². The lowest BCUT2D eigenvalue weighted by Gasteiger charge is -2.21. The highest BCUT2D eigenvalue weighted by Crippen LogP contribution is 2.33. The third-order valence-electron chi connectivity index (χ3n) is 3.30. The topological polar surface area (TPSA) is 30.5 Å². The van der Waals surface area contributed by atoms with Crippen molar-refractivity contribution >= 4 is 27.3 Å². The molecule has 2 rings (SSSR count). The van der Waals surface area contributed by atoms with Crippen molar-refractivity contribution in [2.45, 2.75) is 19.4 Å². The van der Waals surface area contributed by atoms with Crippen molar-refractivity contribution < 1.29 is 9.47 Å². The summed E-state index contributed by atoms with van der Waals surface area (Å²) in [6.07, 6.45) is 0.924. The van der Waals surface area contributed by atoms with Crippen molar-refractivity contribution in [1.82, 2.24) is 5.32 Å². The smallest absolute Gasteiger partial charge is 0.123 e. The Kier molecular flexibility index (Phi) is 6.08. The maximum atomic E-state index is 5.51. The highest BCUT2D eigenvalue weighted by Gasteiger charge is 2.17. The summed E-state index contributed by atoms with van der Waals surface area (Å²) in [6, 6.07) is 10.4. The highest BCUT2D eigenvalue weighted by molar-refractivity contribution is 9.11. The molecule has 0 aliphatic heterocycles. The average Bonchev–Trinajstić information content (AvgIpc) is 2.91. The van der Waals surface area contributed by atoms with E-state index in [9.17, 15) is 0 Å². The van der Waals surface area contributed by atoms with Crippen LogP contribution in [0.1, 0.15) is 23.4 Å². The summed E-state index contributed by atoms with van der Waals surface area (Å²) in [6.45, 7) is 3.02. The molecule has 0 saturated carbocycles. The number of ether oxygens (including phenoxy) is 2. The number of hydrogen-bond acceptors (Lipinski definition) is 4. The minimum Gasteiger partial charge on any atom is -0.497 e. The lowest BCUT2D eigenvalue weighted by molar-refractivity contribution is 0.390. The van der Waals surface area contributed by atoms with Gasteiger partial charge in [0.1, 0.15) is 11.5 Å². The van der Waals surface area contributed by atoms with Crippen molar-refractivity contribution in [2.75, 3.05) is 20.8 Å². The number of halogens is 1. The van der Waals surface area contributed by atoms with Gasteiger partial charge in [0.2, 0.25) is 0 Å². The fourth-order valence-corrected chi connectivity index (χ4v) is 3.84. The number of benzene rings is 1. The third-order valence-corrected chi connectivity index (χ3v) is 4.94. The van der Waals surface area contributed by atoms with Crippen LogP contribution in [-0.4, -0.2) is 20.8 Å². The largest absolute Gasteiger partial charge is 0.497 e. The summed E-state index contributed by atoms with van der Waals surface area (Å²) in [5.74, 6) is 1.73. The van der Waals surface area contributed by atoms with Crippen molar-refractivity contribution in [3.63, 3.8) is 0 Å². The summed E-state index contributed by atoms with van der Waals surface area (Å²) >= 11 is 5.29. The summed E-state index contributed by atoms with van der Waals surface area (Å²) in [5.41, 5.74) is 1.13. The lowest BCUT2D eigenvalue weighted by Crippen LogP contribution is -2.23. The van der Waals surface area contributed by atoms with Gasteiger partial charge in [0.25, 0.3) is 0 Å². The van der Waals surface area contributed by atoms with Gasteiger partial charge in [-0.15, -0.1) is 11.3 Å². The molecule has 2 aromatic rings. The van der Waals surface area contributed by atoms with Gasteiger partial charge in [-0.05, 0) is 52.8 Å². The van der Waals surface area contributed by atoms with Crippen LogP contribution in [-0.2, 0) is 6.42 Å². The van der Waals surface area contributed by atoms with Crippen LogP contribution in [0.5, 0.6) is 11.5 Å². The van der Waals surface area contributed by atoms with Crippen molar-refractivity contribution in [1.29, 1.82) is 0 Å². The van der Waals surface area contributed by atoms with E-state index in [1.54, 1.807) is 25.6 Å². The van der Waals surface area contributed by atoms with Gasteiger partial charge in [-0.25, -0.2) is 0 Å². The second-order valence-corrected chi connectivity index (χ2v) is 7.18. The fraction of sp³-hybridized carbons (Fsp3) is 0.375. The molecule has 0 aliphatic carbocycles. The standard InChI is InChI=1S/C16H20BrNO2S/c1-4-18-14(10-12-6-8-16(17)21-12)13-9-11(19-2)5-7-15(13)20-3/h5-9,14,18H,4,10H2,1-3H3. The highest BCUT2D eigenvalue weighted by atomic mass is 79.9. The average molecular weight is 370 g/mol.